The molecular formula is C26H41FS. The number of alkyl halides is 1. The van der Waals surface area contributed by atoms with E-state index in [1.54, 1.807) is 11.8 Å². The van der Waals surface area contributed by atoms with Crippen LogP contribution < -0.4 is 0 Å². The molecule has 2 heteroatoms. The van der Waals surface area contributed by atoms with Gasteiger partial charge in [0.05, 0.1) is 0 Å². The molecule has 0 radical (unpaired) electrons. The van der Waals surface area contributed by atoms with E-state index in [4.69, 9.17) is 0 Å². The quantitative estimate of drug-likeness (QED) is 0.277. The van der Waals surface area contributed by atoms with Crippen LogP contribution in [0.15, 0.2) is 35.2 Å². The molecule has 0 spiro atoms. The van der Waals surface area contributed by atoms with Gasteiger partial charge in [-0.1, -0.05) is 76.5 Å². The predicted molar refractivity (Wildman–Crippen MR) is 122 cm³/mol. The molecule has 0 amide bonds. The molecule has 0 aromatic heterocycles. The lowest BCUT2D eigenvalue weighted by Crippen LogP contribution is -2.27. The molecular weight excluding hydrogens is 363 g/mol. The molecule has 3 rings (SSSR count). The molecule has 158 valence electrons. The average Bonchev–Trinajstić information content (AvgIpc) is 2.74. The first-order valence-corrected chi connectivity index (χ1v) is 13.0. The van der Waals surface area contributed by atoms with E-state index < -0.39 is 6.17 Å². The van der Waals surface area contributed by atoms with Crippen molar-refractivity contribution >= 4 is 11.8 Å². The number of halogens is 1. The van der Waals surface area contributed by atoms with Crippen LogP contribution >= 0.6 is 11.8 Å². The number of thioether (sulfide) groups is 1. The van der Waals surface area contributed by atoms with Gasteiger partial charge >= 0.3 is 0 Å². The van der Waals surface area contributed by atoms with E-state index in [0.29, 0.717) is 11.7 Å². The van der Waals surface area contributed by atoms with Crippen LogP contribution in [0.2, 0.25) is 0 Å². The Labute approximate surface area is 177 Å². The zero-order valence-electron chi connectivity index (χ0n) is 18.0. The number of hydrogen-bond acceptors (Lipinski definition) is 1. The van der Waals surface area contributed by atoms with Crippen molar-refractivity contribution in [1.29, 1.82) is 0 Å². The predicted octanol–water partition coefficient (Wildman–Crippen LogP) is 8.70. The standard InChI is InChI=1S/C26H41FS/c1-2-3-5-8-21-11-15-23(16-12-21)24-17-13-22(14-18-24)19-25(27)20-28-26-9-6-4-7-10-26/h4,6-7,9-10,21-25H,2-3,5,8,11-20H2,1H3. The summed E-state index contributed by atoms with van der Waals surface area (Å²) < 4.78 is 14.5. The smallest absolute Gasteiger partial charge is 0.110 e. The SMILES string of the molecule is CCCCCC1CCC(C2CCC(CC(F)CSc3ccccc3)CC2)CC1. The second-order valence-electron chi connectivity index (χ2n) is 9.51. The van der Waals surface area contributed by atoms with E-state index in [1.807, 2.05) is 18.2 Å². The highest BCUT2D eigenvalue weighted by Crippen LogP contribution is 2.43. The van der Waals surface area contributed by atoms with Crippen LogP contribution in [-0.2, 0) is 0 Å². The molecule has 2 aliphatic rings. The normalized spacial score (nSPS) is 29.5. The Morgan fingerprint density at radius 3 is 2.07 bits per heavy atom. The van der Waals surface area contributed by atoms with E-state index in [1.165, 1.54) is 81.9 Å². The van der Waals surface area contributed by atoms with Crippen LogP contribution in [0, 0.1) is 23.7 Å². The monoisotopic (exact) mass is 404 g/mol. The topological polar surface area (TPSA) is 0 Å². The molecule has 1 atom stereocenters. The maximum absolute atomic E-state index is 14.5. The zero-order chi connectivity index (χ0) is 19.6. The summed E-state index contributed by atoms with van der Waals surface area (Å²) in [6.07, 6.45) is 17.1. The molecule has 0 saturated heterocycles. The van der Waals surface area contributed by atoms with Crippen molar-refractivity contribution < 1.29 is 4.39 Å². The summed E-state index contributed by atoms with van der Waals surface area (Å²) in [4.78, 5) is 1.19. The van der Waals surface area contributed by atoms with Gasteiger partial charge < -0.3 is 0 Å². The van der Waals surface area contributed by atoms with Crippen molar-refractivity contribution in [3.63, 3.8) is 0 Å². The van der Waals surface area contributed by atoms with Gasteiger partial charge in [0.25, 0.3) is 0 Å². The Hall–Kier alpha value is -0.500. The highest BCUT2D eigenvalue weighted by molar-refractivity contribution is 7.99. The largest absolute Gasteiger partial charge is 0.247 e. The van der Waals surface area contributed by atoms with Gasteiger partial charge in [0.2, 0.25) is 0 Å². The van der Waals surface area contributed by atoms with E-state index >= 15 is 0 Å². The molecule has 2 fully saturated rings. The van der Waals surface area contributed by atoms with Gasteiger partial charge in [-0.25, -0.2) is 4.39 Å². The summed E-state index contributed by atoms with van der Waals surface area (Å²) in [6, 6.07) is 10.3. The Kier molecular flexibility index (Phi) is 9.71. The van der Waals surface area contributed by atoms with Crippen molar-refractivity contribution in [2.75, 3.05) is 5.75 Å². The summed E-state index contributed by atoms with van der Waals surface area (Å²) in [5, 5.41) is 0. The number of hydrogen-bond donors (Lipinski definition) is 0. The third-order valence-corrected chi connectivity index (χ3v) is 8.56. The Balaban J connectivity index is 1.29. The molecule has 1 aromatic rings. The summed E-state index contributed by atoms with van der Waals surface area (Å²) >= 11 is 1.67. The first kappa shape index (κ1) is 22.2. The molecule has 0 aliphatic heterocycles. The van der Waals surface area contributed by atoms with Gasteiger partial charge in [0.1, 0.15) is 6.17 Å². The fraction of sp³-hybridized carbons (Fsp3) is 0.769. The first-order chi connectivity index (χ1) is 13.7. The van der Waals surface area contributed by atoms with Crippen LogP contribution in [0.3, 0.4) is 0 Å². The van der Waals surface area contributed by atoms with Gasteiger partial charge in [-0.2, -0.15) is 0 Å². The van der Waals surface area contributed by atoms with Crippen molar-refractivity contribution in [3.8, 4) is 0 Å². The van der Waals surface area contributed by atoms with E-state index in [2.05, 4.69) is 19.1 Å². The van der Waals surface area contributed by atoms with Crippen LogP contribution in [-0.4, -0.2) is 11.9 Å². The molecule has 2 saturated carbocycles. The van der Waals surface area contributed by atoms with Gasteiger partial charge in [-0.3, -0.25) is 0 Å². The van der Waals surface area contributed by atoms with Crippen molar-refractivity contribution in [3.05, 3.63) is 30.3 Å². The maximum atomic E-state index is 14.5. The summed E-state index contributed by atoms with van der Waals surface area (Å²) in [7, 11) is 0. The van der Waals surface area contributed by atoms with Crippen LogP contribution in [0.4, 0.5) is 4.39 Å². The lowest BCUT2D eigenvalue weighted by molar-refractivity contribution is 0.131. The van der Waals surface area contributed by atoms with E-state index in [0.717, 1.165) is 24.2 Å². The maximum Gasteiger partial charge on any atom is 0.110 e. The Morgan fingerprint density at radius 2 is 1.46 bits per heavy atom. The Bertz CT molecular complexity index is 514. The molecule has 1 unspecified atom stereocenters. The minimum absolute atomic E-state index is 0.617. The third-order valence-electron chi connectivity index (χ3n) is 7.43. The third kappa shape index (κ3) is 7.39. The highest BCUT2D eigenvalue weighted by atomic mass is 32.2. The average molecular weight is 405 g/mol. The fourth-order valence-corrected chi connectivity index (χ4v) is 6.52. The first-order valence-electron chi connectivity index (χ1n) is 12.1. The lowest BCUT2D eigenvalue weighted by atomic mass is 9.68. The molecule has 0 nitrogen and oxygen atoms in total. The summed E-state index contributed by atoms with van der Waals surface area (Å²) in [6.45, 7) is 2.31. The zero-order valence-corrected chi connectivity index (χ0v) is 18.8. The van der Waals surface area contributed by atoms with Crippen LogP contribution in [0.5, 0.6) is 0 Å². The molecule has 28 heavy (non-hydrogen) atoms. The Morgan fingerprint density at radius 1 is 0.857 bits per heavy atom. The summed E-state index contributed by atoms with van der Waals surface area (Å²) in [5.41, 5.74) is 0. The molecule has 0 heterocycles. The minimum Gasteiger partial charge on any atom is -0.247 e. The van der Waals surface area contributed by atoms with E-state index in [-0.39, 0.29) is 0 Å². The van der Waals surface area contributed by atoms with Crippen LogP contribution in [0.1, 0.15) is 90.4 Å². The molecule has 1 aromatic carbocycles. The van der Waals surface area contributed by atoms with Gasteiger partial charge in [0, 0.05) is 10.6 Å². The highest BCUT2D eigenvalue weighted by Gasteiger charge is 2.31. The molecule has 0 bridgehead atoms. The minimum atomic E-state index is -0.648. The lowest BCUT2D eigenvalue weighted by Gasteiger charge is -2.38. The van der Waals surface area contributed by atoms with Crippen molar-refractivity contribution in [1.82, 2.24) is 0 Å². The van der Waals surface area contributed by atoms with Crippen molar-refractivity contribution in [2.24, 2.45) is 23.7 Å². The van der Waals surface area contributed by atoms with E-state index in [9.17, 15) is 4.39 Å². The fourth-order valence-electron chi connectivity index (χ4n) is 5.66. The molecule has 2 aliphatic carbocycles. The molecule has 0 N–H and O–H groups in total. The van der Waals surface area contributed by atoms with Crippen LogP contribution in [0.25, 0.3) is 0 Å². The number of unbranched alkanes of at least 4 members (excludes halogenated alkanes) is 2. The second-order valence-corrected chi connectivity index (χ2v) is 10.6. The second kappa shape index (κ2) is 12.3. The van der Waals surface area contributed by atoms with Crippen molar-refractivity contribution in [2.45, 2.75) is 101 Å². The van der Waals surface area contributed by atoms with Gasteiger partial charge in [0.15, 0.2) is 0 Å². The summed E-state index contributed by atoms with van der Waals surface area (Å²) in [5.74, 6) is 4.20. The number of benzene rings is 1. The number of rotatable bonds is 10. The van der Waals surface area contributed by atoms with Gasteiger partial charge in [-0.15, -0.1) is 11.8 Å². The van der Waals surface area contributed by atoms with Gasteiger partial charge in [-0.05, 0) is 67.9 Å².